The fourth-order valence-electron chi connectivity index (χ4n) is 2.63. The number of pyridine rings is 1. The molecule has 3 aromatic rings. The summed E-state index contributed by atoms with van der Waals surface area (Å²) in [6, 6.07) is 16.9. The van der Waals surface area contributed by atoms with E-state index in [9.17, 15) is 9.59 Å². The Kier molecular flexibility index (Phi) is 5.44. The molecule has 26 heavy (non-hydrogen) atoms. The zero-order valence-corrected chi connectivity index (χ0v) is 14.9. The van der Waals surface area contributed by atoms with Gasteiger partial charge in [0.2, 0.25) is 0 Å². The number of halogens is 1. The maximum Gasteiger partial charge on any atom is 0.252 e. The molecule has 1 amide bonds. The summed E-state index contributed by atoms with van der Waals surface area (Å²) in [6.45, 7) is 1.87. The number of rotatable bonds is 5. The molecule has 0 aliphatic rings. The molecule has 1 heterocycles. The van der Waals surface area contributed by atoms with Crippen LogP contribution >= 0.6 is 11.6 Å². The van der Waals surface area contributed by atoms with Gasteiger partial charge in [-0.25, -0.2) is 0 Å². The summed E-state index contributed by atoms with van der Waals surface area (Å²) < 4.78 is 0. The van der Waals surface area contributed by atoms with Crippen LogP contribution in [0, 0.1) is 0 Å². The second kappa shape index (κ2) is 7.93. The predicted molar refractivity (Wildman–Crippen MR) is 101 cm³/mol. The normalized spacial score (nSPS) is 11.6. The monoisotopic (exact) mass is 364 g/mol. The number of nitrogens with one attached hydrogen (secondary N) is 1. The molecule has 0 saturated heterocycles. The summed E-state index contributed by atoms with van der Waals surface area (Å²) >= 11 is 5.88. The molecule has 3 rings (SSSR count). The van der Waals surface area contributed by atoms with Crippen molar-refractivity contribution in [3.05, 3.63) is 100 Å². The van der Waals surface area contributed by atoms with Crippen LogP contribution in [0.15, 0.2) is 73.1 Å². The van der Waals surface area contributed by atoms with Crippen LogP contribution in [0.3, 0.4) is 0 Å². The lowest BCUT2D eigenvalue weighted by atomic mass is 9.97. The van der Waals surface area contributed by atoms with Crippen molar-refractivity contribution in [2.45, 2.75) is 13.0 Å². The molecule has 5 heteroatoms. The van der Waals surface area contributed by atoms with Gasteiger partial charge in [0.05, 0.1) is 11.6 Å². The van der Waals surface area contributed by atoms with E-state index >= 15 is 0 Å². The number of nitrogens with zero attached hydrogens (tertiary/aromatic N) is 1. The second-order valence-electron chi connectivity index (χ2n) is 5.86. The van der Waals surface area contributed by atoms with Crippen molar-refractivity contribution in [2.24, 2.45) is 0 Å². The highest BCUT2D eigenvalue weighted by Gasteiger charge is 2.19. The Morgan fingerprint density at radius 3 is 2.31 bits per heavy atom. The molecule has 0 radical (unpaired) electrons. The minimum atomic E-state index is -0.306. The van der Waals surface area contributed by atoms with Gasteiger partial charge in [0, 0.05) is 28.5 Å². The lowest BCUT2D eigenvalue weighted by Crippen LogP contribution is -2.28. The van der Waals surface area contributed by atoms with Gasteiger partial charge in [0.15, 0.2) is 5.78 Å². The first-order valence-electron chi connectivity index (χ1n) is 8.16. The minimum absolute atomic E-state index is 0.221. The van der Waals surface area contributed by atoms with Gasteiger partial charge in [0.25, 0.3) is 5.91 Å². The first-order valence-corrected chi connectivity index (χ1v) is 8.54. The first kappa shape index (κ1) is 17.8. The van der Waals surface area contributed by atoms with Crippen molar-refractivity contribution < 1.29 is 9.59 Å². The van der Waals surface area contributed by atoms with E-state index < -0.39 is 0 Å². The average molecular weight is 365 g/mol. The molecule has 0 spiro atoms. The maximum absolute atomic E-state index is 12.8. The molecule has 130 valence electrons. The Morgan fingerprint density at radius 2 is 1.65 bits per heavy atom. The summed E-state index contributed by atoms with van der Waals surface area (Å²) in [6.07, 6.45) is 3.38. The summed E-state index contributed by atoms with van der Waals surface area (Å²) in [5.74, 6) is -0.527. The molecule has 1 atom stereocenters. The van der Waals surface area contributed by atoms with Crippen LogP contribution in [0.5, 0.6) is 0 Å². The molecule has 1 unspecified atom stereocenters. The molecular weight excluding hydrogens is 348 g/mol. The fourth-order valence-corrected chi connectivity index (χ4v) is 2.75. The van der Waals surface area contributed by atoms with E-state index in [0.717, 1.165) is 5.56 Å². The fraction of sp³-hybridized carbons (Fsp3) is 0.0952. The van der Waals surface area contributed by atoms with E-state index in [4.69, 9.17) is 11.6 Å². The van der Waals surface area contributed by atoms with Crippen LogP contribution < -0.4 is 5.32 Å². The number of hydrogen-bond acceptors (Lipinski definition) is 3. The molecule has 0 aliphatic heterocycles. The largest absolute Gasteiger partial charge is 0.345 e. The summed E-state index contributed by atoms with van der Waals surface area (Å²) in [7, 11) is 0. The number of amides is 1. The number of hydrogen-bond donors (Lipinski definition) is 1. The zero-order chi connectivity index (χ0) is 18.5. The van der Waals surface area contributed by atoms with Crippen molar-refractivity contribution in [2.75, 3.05) is 0 Å². The first-order chi connectivity index (χ1) is 12.6. The van der Waals surface area contributed by atoms with Gasteiger partial charge in [-0.3, -0.25) is 14.6 Å². The smallest absolute Gasteiger partial charge is 0.252 e. The number of benzene rings is 2. The van der Waals surface area contributed by atoms with Crippen molar-refractivity contribution in [1.82, 2.24) is 10.3 Å². The van der Waals surface area contributed by atoms with Gasteiger partial charge in [-0.1, -0.05) is 35.9 Å². The molecule has 0 fully saturated rings. The van der Waals surface area contributed by atoms with Crippen LogP contribution in [-0.4, -0.2) is 16.7 Å². The molecule has 4 nitrogen and oxygen atoms in total. The van der Waals surface area contributed by atoms with Gasteiger partial charge >= 0.3 is 0 Å². The van der Waals surface area contributed by atoms with Gasteiger partial charge in [0.1, 0.15) is 0 Å². The molecule has 1 aromatic heterocycles. The highest BCUT2D eigenvalue weighted by atomic mass is 35.5. The van der Waals surface area contributed by atoms with E-state index in [1.165, 1.54) is 0 Å². The lowest BCUT2D eigenvalue weighted by molar-refractivity contribution is 0.0929. The van der Waals surface area contributed by atoms with E-state index in [1.807, 2.05) is 19.1 Å². The van der Waals surface area contributed by atoms with Crippen LogP contribution in [0.1, 0.15) is 44.8 Å². The number of ketones is 1. The molecule has 0 bridgehead atoms. The van der Waals surface area contributed by atoms with Crippen LogP contribution in [-0.2, 0) is 0 Å². The van der Waals surface area contributed by atoms with E-state index in [0.29, 0.717) is 21.7 Å². The Morgan fingerprint density at radius 1 is 0.962 bits per heavy atom. The summed E-state index contributed by atoms with van der Waals surface area (Å²) in [5, 5.41) is 3.47. The van der Waals surface area contributed by atoms with Crippen LogP contribution in [0.2, 0.25) is 5.02 Å². The van der Waals surface area contributed by atoms with E-state index in [-0.39, 0.29) is 17.7 Å². The number of carbonyl (C=O) groups is 2. The maximum atomic E-state index is 12.8. The quantitative estimate of drug-likeness (QED) is 0.680. The van der Waals surface area contributed by atoms with Gasteiger partial charge < -0.3 is 5.32 Å². The van der Waals surface area contributed by atoms with Gasteiger partial charge in [-0.15, -0.1) is 0 Å². The third-order valence-corrected chi connectivity index (χ3v) is 4.31. The highest BCUT2D eigenvalue weighted by Crippen LogP contribution is 2.18. The molecular formula is C21H17ClN2O2. The zero-order valence-electron chi connectivity index (χ0n) is 14.1. The Bertz CT molecular complexity index is 924. The van der Waals surface area contributed by atoms with Crippen molar-refractivity contribution in [1.29, 1.82) is 0 Å². The van der Waals surface area contributed by atoms with E-state index in [2.05, 4.69) is 10.3 Å². The lowest BCUT2D eigenvalue weighted by Gasteiger charge is -2.15. The minimum Gasteiger partial charge on any atom is -0.345 e. The SMILES string of the molecule is CC(NC(=O)c1ccccc1C(=O)c1ccc(Cl)cc1)c1cccnc1. The van der Waals surface area contributed by atoms with Crippen LogP contribution in [0.25, 0.3) is 0 Å². The Hall–Kier alpha value is -2.98. The van der Waals surface area contributed by atoms with Crippen molar-refractivity contribution >= 4 is 23.3 Å². The Balaban J connectivity index is 1.85. The standard InChI is InChI=1S/C21H17ClN2O2/c1-14(16-5-4-12-23-13-16)24-21(26)19-7-3-2-6-18(19)20(25)15-8-10-17(22)11-9-15/h2-14H,1H3,(H,24,26). The van der Waals surface area contributed by atoms with E-state index in [1.54, 1.807) is 60.9 Å². The number of aromatic nitrogens is 1. The van der Waals surface area contributed by atoms with Crippen molar-refractivity contribution in [3.8, 4) is 0 Å². The molecule has 0 saturated carbocycles. The van der Waals surface area contributed by atoms with Gasteiger partial charge in [-0.05, 0) is 48.9 Å². The van der Waals surface area contributed by atoms with Crippen LogP contribution in [0.4, 0.5) is 0 Å². The second-order valence-corrected chi connectivity index (χ2v) is 6.30. The summed E-state index contributed by atoms with van der Waals surface area (Å²) in [5.41, 5.74) is 2.06. The van der Waals surface area contributed by atoms with Gasteiger partial charge in [-0.2, -0.15) is 0 Å². The summed E-state index contributed by atoms with van der Waals surface area (Å²) in [4.78, 5) is 29.6. The molecule has 2 aromatic carbocycles. The highest BCUT2D eigenvalue weighted by molar-refractivity contribution is 6.30. The average Bonchev–Trinajstić information content (AvgIpc) is 2.68. The third-order valence-electron chi connectivity index (χ3n) is 4.05. The topological polar surface area (TPSA) is 59.1 Å². The molecule has 1 N–H and O–H groups in total. The van der Waals surface area contributed by atoms with Crippen molar-refractivity contribution in [3.63, 3.8) is 0 Å². The predicted octanol–water partition coefficient (Wildman–Crippen LogP) is 4.46. The number of carbonyl (C=O) groups excluding carboxylic acids is 2. The third kappa shape index (κ3) is 3.98. The Labute approximate surface area is 156 Å². The molecule has 0 aliphatic carbocycles.